The SMILES string of the molecule is CNC(=O)CNC(=O)C1Cc2ccc(cc2)OCCCC(C(=O)NO)[C@@H](CC(C)C)C(=O)N1. The number of hydroxylamine groups is 1. The molecule has 2 bridgehead atoms. The number of nitrogens with one attached hydrogen (secondary N) is 4. The van der Waals surface area contributed by atoms with Gasteiger partial charge in [0.25, 0.3) is 0 Å². The van der Waals surface area contributed by atoms with Gasteiger partial charge in [-0.05, 0) is 42.9 Å². The number of hydrogen-bond donors (Lipinski definition) is 5. The third kappa shape index (κ3) is 8.05. The summed E-state index contributed by atoms with van der Waals surface area (Å²) in [6.45, 7) is 4.00. The monoisotopic (exact) mass is 462 g/mol. The van der Waals surface area contributed by atoms with Gasteiger partial charge < -0.3 is 20.7 Å². The van der Waals surface area contributed by atoms with Crippen LogP contribution in [0.5, 0.6) is 5.75 Å². The summed E-state index contributed by atoms with van der Waals surface area (Å²) >= 11 is 0. The zero-order chi connectivity index (χ0) is 24.4. The minimum absolute atomic E-state index is 0.0946. The van der Waals surface area contributed by atoms with Gasteiger partial charge in [0.05, 0.1) is 19.1 Å². The molecule has 33 heavy (non-hydrogen) atoms. The largest absolute Gasteiger partial charge is 0.494 e. The van der Waals surface area contributed by atoms with E-state index in [4.69, 9.17) is 4.74 Å². The van der Waals surface area contributed by atoms with Crippen molar-refractivity contribution in [2.24, 2.45) is 17.8 Å². The first-order valence-electron chi connectivity index (χ1n) is 11.2. The molecule has 1 aromatic carbocycles. The van der Waals surface area contributed by atoms with Crippen molar-refractivity contribution >= 4 is 23.6 Å². The first-order valence-corrected chi connectivity index (χ1v) is 11.2. The maximum atomic E-state index is 13.4. The summed E-state index contributed by atoms with van der Waals surface area (Å²) in [5, 5.41) is 17.0. The average molecular weight is 463 g/mol. The van der Waals surface area contributed by atoms with Gasteiger partial charge >= 0.3 is 0 Å². The van der Waals surface area contributed by atoms with Gasteiger partial charge in [0, 0.05) is 19.4 Å². The maximum absolute atomic E-state index is 13.4. The van der Waals surface area contributed by atoms with E-state index in [-0.39, 0.29) is 24.8 Å². The summed E-state index contributed by atoms with van der Waals surface area (Å²) in [5.41, 5.74) is 2.47. The predicted molar refractivity (Wildman–Crippen MR) is 120 cm³/mol. The molecule has 10 nitrogen and oxygen atoms in total. The summed E-state index contributed by atoms with van der Waals surface area (Å²) < 4.78 is 5.74. The van der Waals surface area contributed by atoms with E-state index in [2.05, 4.69) is 16.0 Å². The van der Waals surface area contributed by atoms with Crippen molar-refractivity contribution in [1.29, 1.82) is 0 Å². The molecule has 0 saturated heterocycles. The molecule has 0 saturated carbocycles. The molecule has 10 heteroatoms. The fourth-order valence-electron chi connectivity index (χ4n) is 3.88. The lowest BCUT2D eigenvalue weighted by Gasteiger charge is -2.28. The molecule has 2 heterocycles. The topological polar surface area (TPSA) is 146 Å². The lowest BCUT2D eigenvalue weighted by molar-refractivity contribution is -0.142. The quantitative estimate of drug-likeness (QED) is 0.308. The Kier molecular flexibility index (Phi) is 10.1. The van der Waals surface area contributed by atoms with Crippen LogP contribution in [0.25, 0.3) is 0 Å². The smallest absolute Gasteiger partial charge is 0.247 e. The van der Waals surface area contributed by atoms with Gasteiger partial charge in [-0.1, -0.05) is 26.0 Å². The molecule has 182 valence electrons. The minimum Gasteiger partial charge on any atom is -0.494 e. The first kappa shape index (κ1) is 26.1. The number of rotatable bonds is 6. The van der Waals surface area contributed by atoms with E-state index in [9.17, 15) is 24.4 Å². The number of hydrogen-bond acceptors (Lipinski definition) is 6. The van der Waals surface area contributed by atoms with E-state index < -0.39 is 35.6 Å². The van der Waals surface area contributed by atoms with Crippen LogP contribution in [0.15, 0.2) is 24.3 Å². The molecule has 0 fully saturated rings. The van der Waals surface area contributed by atoms with Gasteiger partial charge in [0.1, 0.15) is 11.8 Å². The highest BCUT2D eigenvalue weighted by molar-refractivity contribution is 5.93. The molecule has 3 rings (SSSR count). The summed E-state index contributed by atoms with van der Waals surface area (Å²) in [5.74, 6) is -2.77. The van der Waals surface area contributed by atoms with Crippen molar-refractivity contribution in [1.82, 2.24) is 21.4 Å². The molecule has 4 amide bonds. The summed E-state index contributed by atoms with van der Waals surface area (Å²) in [7, 11) is 1.46. The van der Waals surface area contributed by atoms with E-state index in [0.29, 0.717) is 31.6 Å². The zero-order valence-corrected chi connectivity index (χ0v) is 19.3. The molecule has 0 spiro atoms. The molecule has 0 aliphatic carbocycles. The standard InChI is InChI=1S/C23H34N4O6/c1-14(2)11-18-17(22(30)27-32)5-4-10-33-16-8-6-15(7-9-16)12-19(26-21(18)29)23(31)25-13-20(28)24-3/h6-9,14,17-19,32H,4-5,10-13H2,1-3H3,(H,24,28)(H,25,31)(H,26,29)(H,27,30)/t17?,18-,19?/m1/s1. The number of benzene rings is 1. The van der Waals surface area contributed by atoms with Crippen molar-refractivity contribution in [2.45, 2.75) is 45.6 Å². The lowest BCUT2D eigenvalue weighted by atomic mass is 9.81. The van der Waals surface area contributed by atoms with Crippen molar-refractivity contribution in [2.75, 3.05) is 20.2 Å². The molecule has 1 aromatic rings. The van der Waals surface area contributed by atoms with Crippen LogP contribution in [0, 0.1) is 17.8 Å². The number of likely N-dealkylation sites (N-methyl/N-ethyl adjacent to an activating group) is 1. The van der Waals surface area contributed by atoms with Gasteiger partial charge in [0.15, 0.2) is 0 Å². The predicted octanol–water partition coefficient (Wildman–Crippen LogP) is 0.533. The summed E-state index contributed by atoms with van der Waals surface area (Å²) in [6, 6.07) is 6.24. The van der Waals surface area contributed by atoms with Crippen LogP contribution in [-0.2, 0) is 25.6 Å². The Bertz CT molecular complexity index is 827. The Balaban J connectivity index is 2.36. The van der Waals surface area contributed by atoms with E-state index in [1.807, 2.05) is 26.0 Å². The number of amides is 4. The Morgan fingerprint density at radius 2 is 1.88 bits per heavy atom. The van der Waals surface area contributed by atoms with Crippen LogP contribution >= 0.6 is 0 Å². The van der Waals surface area contributed by atoms with Crippen LogP contribution in [0.1, 0.15) is 38.7 Å². The van der Waals surface area contributed by atoms with Crippen molar-refractivity contribution in [3.8, 4) is 5.75 Å². The Morgan fingerprint density at radius 3 is 2.48 bits per heavy atom. The number of fused-ring (bicyclic) bond motifs is 11. The molecule has 2 unspecified atom stereocenters. The van der Waals surface area contributed by atoms with Gasteiger partial charge in [-0.15, -0.1) is 0 Å². The Hall–Kier alpha value is -3.14. The van der Waals surface area contributed by atoms with Gasteiger partial charge in [-0.3, -0.25) is 24.4 Å². The highest BCUT2D eigenvalue weighted by atomic mass is 16.5. The lowest BCUT2D eigenvalue weighted by Crippen LogP contribution is -2.53. The van der Waals surface area contributed by atoms with Crippen LogP contribution in [-0.4, -0.2) is 55.1 Å². The van der Waals surface area contributed by atoms with Crippen LogP contribution < -0.4 is 26.2 Å². The second-order valence-corrected chi connectivity index (χ2v) is 8.61. The number of carbonyl (C=O) groups is 4. The highest BCUT2D eigenvalue weighted by Gasteiger charge is 2.36. The molecule has 5 N–H and O–H groups in total. The fraction of sp³-hybridized carbons (Fsp3) is 0.565. The van der Waals surface area contributed by atoms with E-state index >= 15 is 0 Å². The molecule has 0 radical (unpaired) electrons. The van der Waals surface area contributed by atoms with Crippen LogP contribution in [0.3, 0.4) is 0 Å². The highest BCUT2D eigenvalue weighted by Crippen LogP contribution is 2.27. The van der Waals surface area contributed by atoms with Crippen molar-refractivity contribution in [3.63, 3.8) is 0 Å². The number of carbonyl (C=O) groups excluding carboxylic acids is 4. The van der Waals surface area contributed by atoms with E-state index in [1.165, 1.54) is 7.05 Å². The Labute approximate surface area is 193 Å². The van der Waals surface area contributed by atoms with Crippen molar-refractivity contribution in [3.05, 3.63) is 29.8 Å². The summed E-state index contributed by atoms with van der Waals surface area (Å²) in [4.78, 5) is 50.2. The molecule has 0 aromatic heterocycles. The molecular formula is C23H34N4O6. The van der Waals surface area contributed by atoms with Gasteiger partial charge in [0.2, 0.25) is 23.6 Å². The normalized spacial score (nSPS) is 21.4. The zero-order valence-electron chi connectivity index (χ0n) is 19.3. The Morgan fingerprint density at radius 1 is 1.18 bits per heavy atom. The molecule has 3 atom stereocenters. The van der Waals surface area contributed by atoms with Gasteiger partial charge in [-0.2, -0.15) is 0 Å². The molecule has 2 aliphatic rings. The molecular weight excluding hydrogens is 428 g/mol. The number of ether oxygens (including phenoxy) is 1. The second-order valence-electron chi connectivity index (χ2n) is 8.61. The third-order valence-electron chi connectivity index (χ3n) is 5.62. The van der Waals surface area contributed by atoms with Crippen molar-refractivity contribution < 1.29 is 29.1 Å². The minimum atomic E-state index is -0.954. The van der Waals surface area contributed by atoms with E-state index in [1.54, 1.807) is 17.6 Å². The fourth-order valence-corrected chi connectivity index (χ4v) is 3.88. The first-order chi connectivity index (χ1) is 15.7. The third-order valence-corrected chi connectivity index (χ3v) is 5.62. The summed E-state index contributed by atoms with van der Waals surface area (Å²) in [6.07, 6.45) is 1.41. The average Bonchev–Trinajstić information content (AvgIpc) is 2.80. The maximum Gasteiger partial charge on any atom is 0.247 e. The van der Waals surface area contributed by atoms with Crippen LogP contribution in [0.4, 0.5) is 0 Å². The van der Waals surface area contributed by atoms with E-state index in [0.717, 1.165) is 5.56 Å². The van der Waals surface area contributed by atoms with Crippen LogP contribution in [0.2, 0.25) is 0 Å². The van der Waals surface area contributed by atoms with Gasteiger partial charge in [-0.25, -0.2) is 5.48 Å². The second kappa shape index (κ2) is 12.8. The molecule has 2 aliphatic heterocycles.